The van der Waals surface area contributed by atoms with Crippen molar-refractivity contribution in [3.05, 3.63) is 59.7 Å². The highest BCUT2D eigenvalue weighted by Crippen LogP contribution is 2.39. The standard InChI is InChI=1S/C18H21NOS/c1-3-19-18-15-6-4-5-7-16(15)20-12-17(18)21-14-10-8-13(2)9-11-14/h4-11,17-19H,3,12H2,1-2H3. The quantitative estimate of drug-likeness (QED) is 0.914. The van der Waals surface area contributed by atoms with Crippen LogP contribution in [0.1, 0.15) is 24.1 Å². The van der Waals surface area contributed by atoms with E-state index >= 15 is 0 Å². The predicted molar refractivity (Wildman–Crippen MR) is 89.2 cm³/mol. The molecule has 1 aliphatic heterocycles. The largest absolute Gasteiger partial charge is 0.492 e. The molecule has 21 heavy (non-hydrogen) atoms. The second-order valence-electron chi connectivity index (χ2n) is 5.35. The van der Waals surface area contributed by atoms with Gasteiger partial charge in [0.05, 0.1) is 11.3 Å². The van der Waals surface area contributed by atoms with Crippen molar-refractivity contribution in [3.8, 4) is 5.75 Å². The molecule has 2 atom stereocenters. The maximum Gasteiger partial charge on any atom is 0.124 e. The Morgan fingerprint density at radius 3 is 2.67 bits per heavy atom. The highest BCUT2D eigenvalue weighted by molar-refractivity contribution is 8.00. The highest BCUT2D eigenvalue weighted by Gasteiger charge is 2.30. The zero-order chi connectivity index (χ0) is 14.7. The van der Waals surface area contributed by atoms with Crippen molar-refractivity contribution in [2.24, 2.45) is 0 Å². The molecular formula is C18H21NOS. The summed E-state index contributed by atoms with van der Waals surface area (Å²) in [5.74, 6) is 1.02. The molecule has 3 heteroatoms. The smallest absolute Gasteiger partial charge is 0.124 e. The van der Waals surface area contributed by atoms with Crippen LogP contribution in [0, 0.1) is 6.92 Å². The van der Waals surface area contributed by atoms with Gasteiger partial charge < -0.3 is 10.1 Å². The minimum absolute atomic E-state index is 0.339. The Morgan fingerprint density at radius 1 is 1.14 bits per heavy atom. The topological polar surface area (TPSA) is 21.3 Å². The fourth-order valence-electron chi connectivity index (χ4n) is 2.69. The lowest BCUT2D eigenvalue weighted by Crippen LogP contribution is -2.37. The Bertz CT molecular complexity index is 596. The lowest BCUT2D eigenvalue weighted by atomic mass is 10.0. The van der Waals surface area contributed by atoms with E-state index < -0.39 is 0 Å². The Morgan fingerprint density at radius 2 is 1.90 bits per heavy atom. The fraction of sp³-hybridized carbons (Fsp3) is 0.333. The molecule has 1 aliphatic rings. The SMILES string of the molecule is CCNC1c2ccccc2OCC1Sc1ccc(C)cc1. The van der Waals surface area contributed by atoms with E-state index in [1.54, 1.807) is 0 Å². The summed E-state index contributed by atoms with van der Waals surface area (Å²) in [5, 5.41) is 4.01. The first kappa shape index (κ1) is 14.5. The van der Waals surface area contributed by atoms with E-state index in [4.69, 9.17) is 4.74 Å². The molecule has 2 unspecified atom stereocenters. The predicted octanol–water partition coefficient (Wildman–Crippen LogP) is 4.20. The van der Waals surface area contributed by atoms with Gasteiger partial charge in [-0.05, 0) is 31.7 Å². The first-order valence-electron chi connectivity index (χ1n) is 7.46. The van der Waals surface area contributed by atoms with Crippen LogP contribution in [0.2, 0.25) is 0 Å². The van der Waals surface area contributed by atoms with Gasteiger partial charge in [-0.3, -0.25) is 0 Å². The zero-order valence-corrected chi connectivity index (χ0v) is 13.3. The lowest BCUT2D eigenvalue weighted by Gasteiger charge is -2.33. The van der Waals surface area contributed by atoms with Crippen molar-refractivity contribution in [2.75, 3.05) is 13.2 Å². The molecule has 110 valence electrons. The average Bonchev–Trinajstić information content (AvgIpc) is 2.52. The summed E-state index contributed by atoms with van der Waals surface area (Å²) in [6.07, 6.45) is 0. The lowest BCUT2D eigenvalue weighted by molar-refractivity contribution is 0.261. The van der Waals surface area contributed by atoms with Crippen LogP contribution < -0.4 is 10.1 Å². The van der Waals surface area contributed by atoms with Crippen LogP contribution in [-0.2, 0) is 0 Å². The molecule has 0 aliphatic carbocycles. The molecular weight excluding hydrogens is 278 g/mol. The summed E-state index contributed by atoms with van der Waals surface area (Å²) >= 11 is 1.90. The van der Waals surface area contributed by atoms with Crippen molar-refractivity contribution in [3.63, 3.8) is 0 Å². The van der Waals surface area contributed by atoms with Gasteiger partial charge in [0.25, 0.3) is 0 Å². The highest BCUT2D eigenvalue weighted by atomic mass is 32.2. The molecule has 2 nitrogen and oxygen atoms in total. The number of benzene rings is 2. The normalized spacial score (nSPS) is 20.7. The fourth-order valence-corrected chi connectivity index (χ4v) is 3.85. The summed E-state index contributed by atoms with van der Waals surface area (Å²) in [6.45, 7) is 5.98. The van der Waals surface area contributed by atoms with Crippen LogP contribution in [-0.4, -0.2) is 18.4 Å². The summed E-state index contributed by atoms with van der Waals surface area (Å²) in [4.78, 5) is 1.30. The van der Waals surface area contributed by atoms with Crippen molar-refractivity contribution in [1.82, 2.24) is 5.32 Å². The Labute approximate surface area is 130 Å². The molecule has 0 aromatic heterocycles. The van der Waals surface area contributed by atoms with Crippen LogP contribution in [0.3, 0.4) is 0 Å². The minimum Gasteiger partial charge on any atom is -0.492 e. The van der Waals surface area contributed by atoms with Crippen molar-refractivity contribution < 1.29 is 4.74 Å². The maximum atomic E-state index is 5.95. The third-order valence-corrected chi connectivity index (χ3v) is 5.02. The van der Waals surface area contributed by atoms with Gasteiger partial charge >= 0.3 is 0 Å². The molecule has 0 saturated heterocycles. The number of ether oxygens (including phenoxy) is 1. The number of fused-ring (bicyclic) bond motifs is 1. The number of hydrogen-bond donors (Lipinski definition) is 1. The van der Waals surface area contributed by atoms with Crippen LogP contribution in [0.25, 0.3) is 0 Å². The van der Waals surface area contributed by atoms with E-state index in [0.29, 0.717) is 11.3 Å². The minimum atomic E-state index is 0.339. The second-order valence-corrected chi connectivity index (χ2v) is 6.67. The van der Waals surface area contributed by atoms with Crippen molar-refractivity contribution in [1.29, 1.82) is 0 Å². The molecule has 1 N–H and O–H groups in total. The number of rotatable bonds is 4. The molecule has 0 spiro atoms. The van der Waals surface area contributed by atoms with E-state index in [1.807, 2.05) is 17.8 Å². The molecule has 0 fully saturated rings. The third kappa shape index (κ3) is 3.25. The van der Waals surface area contributed by atoms with Gasteiger partial charge in [-0.25, -0.2) is 0 Å². The number of thioether (sulfide) groups is 1. The molecule has 0 radical (unpaired) electrons. The van der Waals surface area contributed by atoms with Crippen LogP contribution >= 0.6 is 11.8 Å². The van der Waals surface area contributed by atoms with E-state index in [2.05, 4.69) is 61.6 Å². The van der Waals surface area contributed by atoms with E-state index in [0.717, 1.165) is 18.9 Å². The Kier molecular flexibility index (Phi) is 4.51. The first-order valence-corrected chi connectivity index (χ1v) is 8.34. The Hall–Kier alpha value is -1.45. The molecule has 3 rings (SSSR count). The van der Waals surface area contributed by atoms with E-state index in [9.17, 15) is 0 Å². The van der Waals surface area contributed by atoms with Crippen LogP contribution in [0.15, 0.2) is 53.4 Å². The van der Waals surface area contributed by atoms with E-state index in [-0.39, 0.29) is 0 Å². The molecule has 0 saturated carbocycles. The molecule has 2 aromatic rings. The third-order valence-electron chi connectivity index (χ3n) is 3.76. The zero-order valence-electron chi connectivity index (χ0n) is 12.5. The average molecular weight is 299 g/mol. The summed E-state index contributed by atoms with van der Waals surface area (Å²) in [7, 11) is 0. The van der Waals surface area contributed by atoms with Crippen molar-refractivity contribution >= 4 is 11.8 Å². The van der Waals surface area contributed by atoms with Crippen LogP contribution in [0.5, 0.6) is 5.75 Å². The monoisotopic (exact) mass is 299 g/mol. The summed E-state index contributed by atoms with van der Waals surface area (Å²) < 4.78 is 5.95. The van der Waals surface area contributed by atoms with Gasteiger partial charge in [0.15, 0.2) is 0 Å². The molecule has 0 amide bonds. The Balaban J connectivity index is 1.83. The van der Waals surface area contributed by atoms with E-state index in [1.165, 1.54) is 16.0 Å². The van der Waals surface area contributed by atoms with Gasteiger partial charge in [-0.2, -0.15) is 0 Å². The van der Waals surface area contributed by atoms with Gasteiger partial charge in [0.2, 0.25) is 0 Å². The molecule has 1 heterocycles. The summed E-state index contributed by atoms with van der Waals surface area (Å²) in [6, 6.07) is 17.4. The summed E-state index contributed by atoms with van der Waals surface area (Å²) in [5.41, 5.74) is 2.57. The van der Waals surface area contributed by atoms with Gasteiger partial charge in [0.1, 0.15) is 12.4 Å². The maximum absolute atomic E-state index is 5.95. The number of para-hydroxylation sites is 1. The van der Waals surface area contributed by atoms with Crippen LogP contribution in [0.4, 0.5) is 0 Å². The molecule has 0 bridgehead atoms. The number of aryl methyl sites for hydroxylation is 1. The first-order chi connectivity index (χ1) is 10.3. The number of hydrogen-bond acceptors (Lipinski definition) is 3. The number of nitrogens with one attached hydrogen (secondary N) is 1. The van der Waals surface area contributed by atoms with Gasteiger partial charge in [-0.15, -0.1) is 11.8 Å². The van der Waals surface area contributed by atoms with Crippen molar-refractivity contribution in [2.45, 2.75) is 30.0 Å². The second kappa shape index (κ2) is 6.54. The van der Waals surface area contributed by atoms with Gasteiger partial charge in [0, 0.05) is 10.5 Å². The van der Waals surface area contributed by atoms with Gasteiger partial charge in [-0.1, -0.05) is 42.8 Å². The molecule has 2 aromatic carbocycles.